The molecule has 0 aromatic rings. The van der Waals surface area contributed by atoms with Crippen molar-refractivity contribution >= 4 is 30.8 Å². The van der Waals surface area contributed by atoms with Gasteiger partial charge >= 0.3 is 30.8 Å². The van der Waals surface area contributed by atoms with Crippen molar-refractivity contribution in [1.29, 1.82) is 0 Å². The molecule has 16 unspecified atom stereocenters. The molecule has 0 radical (unpaired) electrons. The molecule has 11 bridgehead atoms. The van der Waals surface area contributed by atoms with E-state index in [1.807, 2.05) is 79.7 Å². The Bertz CT molecular complexity index is 1660. The van der Waals surface area contributed by atoms with Crippen molar-refractivity contribution in [3.8, 4) is 0 Å². The predicted molar refractivity (Wildman–Crippen MR) is 214 cm³/mol. The van der Waals surface area contributed by atoms with Crippen LogP contribution in [0.15, 0.2) is 24.3 Å². The molecular formula is C44H64BO16-. The normalized spacial score (nSPS) is 47.9. The van der Waals surface area contributed by atoms with Crippen molar-refractivity contribution in [1.82, 2.24) is 0 Å². The van der Waals surface area contributed by atoms with Crippen molar-refractivity contribution in [2.24, 2.45) is 22.7 Å². The van der Waals surface area contributed by atoms with E-state index < -0.39 is 138 Å². The maximum absolute atomic E-state index is 14.8. The van der Waals surface area contributed by atoms with Crippen LogP contribution < -0.4 is 0 Å². The Balaban J connectivity index is 1.28. The number of rotatable bonds is 2. The first kappa shape index (κ1) is 44.7. The monoisotopic (exact) mass is 859 g/mol. The molecule has 17 heteroatoms. The average molecular weight is 860 g/mol. The molecule has 0 N–H and O–H groups in total. The van der Waals surface area contributed by atoms with E-state index in [1.165, 1.54) is 13.8 Å². The van der Waals surface area contributed by atoms with Gasteiger partial charge < -0.3 is 56.5 Å². The summed E-state index contributed by atoms with van der Waals surface area (Å²) in [5.74, 6) is -7.22. The molecule has 340 valence electrons. The molecule has 0 saturated carbocycles. The van der Waals surface area contributed by atoms with Gasteiger partial charge in [-0.15, -0.1) is 0 Å². The summed E-state index contributed by atoms with van der Waals surface area (Å²) < 4.78 is 78.6. The highest BCUT2D eigenvalue weighted by atomic mass is 17.0. The van der Waals surface area contributed by atoms with Crippen molar-refractivity contribution < 1.29 is 75.7 Å². The molecular weight excluding hydrogens is 795 g/mol. The Morgan fingerprint density at radius 2 is 1.03 bits per heavy atom. The second-order valence-electron chi connectivity index (χ2n) is 19.8. The Morgan fingerprint density at radius 3 is 1.41 bits per heavy atom. The van der Waals surface area contributed by atoms with Gasteiger partial charge in [-0.25, -0.2) is 9.59 Å². The SMILES string of the molecule is CC(=O)OC1CC=CC2CC(OC(=O)C3O[B-]45OC(C(=O)OC6CC(C=CCC(OC(C)=O)C(C)(C)C7CCC(C)C3(O7)O4)OC6C)C3(OC(CCC3C)C1(C)C)O5)C(C)O2. The first-order valence-electron chi connectivity index (χ1n) is 22.3. The molecule has 16 atom stereocenters. The van der Waals surface area contributed by atoms with Gasteiger partial charge in [0.25, 0.3) is 0 Å². The molecule has 6 fully saturated rings. The molecule has 0 amide bonds. The largest absolute Gasteiger partial charge is 0.536 e. The fourth-order valence-electron chi connectivity index (χ4n) is 10.8. The van der Waals surface area contributed by atoms with E-state index in [1.54, 1.807) is 0 Å². The van der Waals surface area contributed by atoms with Crippen molar-refractivity contribution in [3.63, 3.8) is 0 Å². The molecule has 0 aliphatic carbocycles. The highest BCUT2D eigenvalue weighted by Gasteiger charge is 2.73. The van der Waals surface area contributed by atoms with Gasteiger partial charge in [-0.1, -0.05) is 65.8 Å². The van der Waals surface area contributed by atoms with Gasteiger partial charge in [0, 0.05) is 62.2 Å². The highest BCUT2D eigenvalue weighted by molar-refractivity contribution is 6.56. The third kappa shape index (κ3) is 8.01. The molecule has 61 heavy (non-hydrogen) atoms. The van der Waals surface area contributed by atoms with E-state index in [4.69, 9.17) is 56.5 Å². The topological polar surface area (TPSA) is 179 Å². The van der Waals surface area contributed by atoms with Crippen LogP contribution in [-0.4, -0.2) is 116 Å². The van der Waals surface area contributed by atoms with Crippen LogP contribution in [0.25, 0.3) is 0 Å². The van der Waals surface area contributed by atoms with Crippen LogP contribution in [0.1, 0.15) is 121 Å². The Labute approximate surface area is 358 Å². The van der Waals surface area contributed by atoms with Gasteiger partial charge in [-0.3, -0.25) is 9.59 Å². The fourth-order valence-corrected chi connectivity index (χ4v) is 10.8. The summed E-state index contributed by atoms with van der Waals surface area (Å²) in [5, 5.41) is 0. The van der Waals surface area contributed by atoms with Gasteiger partial charge in [0.1, 0.15) is 24.4 Å². The Morgan fingerprint density at radius 1 is 0.639 bits per heavy atom. The van der Waals surface area contributed by atoms with E-state index in [0.29, 0.717) is 51.4 Å². The summed E-state index contributed by atoms with van der Waals surface area (Å²) in [6.07, 6.45) is 2.18. The molecule has 6 saturated heterocycles. The molecule has 0 aromatic carbocycles. The third-order valence-corrected chi connectivity index (χ3v) is 14.8. The van der Waals surface area contributed by atoms with Crippen LogP contribution in [-0.2, 0) is 75.7 Å². The minimum Gasteiger partial charge on any atom is -0.504 e. The lowest BCUT2D eigenvalue weighted by Crippen LogP contribution is -2.61. The summed E-state index contributed by atoms with van der Waals surface area (Å²) in [5.41, 5.74) is -1.69. The standard InChI is InChI=1S/C44H64BO16/c1-23-17-19-35-41(7,8)33(52-27(5)46)15-11-13-30-22-32(26(4)51-30)55-40(49)38-44-24(2)18-20-36(57-44)42(9,10)34(53-28(6)47)16-12-14-29-21-31(25(3)50-29)54-39(48)37-43(23,56-35)60-45(58-37,59-38)61-44/h11-14,23-26,29-38H,15-22H2,1-10H3/q-1. The Hall–Kier alpha value is -2.90. The zero-order valence-corrected chi connectivity index (χ0v) is 37.2. The van der Waals surface area contributed by atoms with E-state index in [0.717, 1.165) is 0 Å². The summed E-state index contributed by atoms with van der Waals surface area (Å²) in [7, 11) is 0. The second kappa shape index (κ2) is 16.3. The minimum atomic E-state index is -3.50. The maximum Gasteiger partial charge on any atom is 0.536 e. The molecule has 3 spiro atoms. The smallest absolute Gasteiger partial charge is 0.504 e. The molecule has 8 aliphatic rings. The first-order chi connectivity index (χ1) is 28.7. The zero-order valence-electron chi connectivity index (χ0n) is 37.2. The summed E-state index contributed by atoms with van der Waals surface area (Å²) >= 11 is 0. The fraction of sp³-hybridized carbons (Fsp3) is 0.818. The summed E-state index contributed by atoms with van der Waals surface area (Å²) in [6, 6.07) is 0. The van der Waals surface area contributed by atoms with Crippen molar-refractivity contribution in [2.45, 2.75) is 205 Å². The molecule has 8 aliphatic heterocycles. The van der Waals surface area contributed by atoms with Crippen molar-refractivity contribution in [3.05, 3.63) is 24.3 Å². The number of esters is 4. The van der Waals surface area contributed by atoms with Crippen LogP contribution in [0, 0.1) is 22.7 Å². The van der Waals surface area contributed by atoms with Gasteiger partial charge in [0.15, 0.2) is 23.8 Å². The number of hydrogen-bond acceptors (Lipinski definition) is 16. The van der Waals surface area contributed by atoms with Crippen molar-refractivity contribution in [2.75, 3.05) is 0 Å². The van der Waals surface area contributed by atoms with E-state index >= 15 is 0 Å². The van der Waals surface area contributed by atoms with E-state index in [-0.39, 0.29) is 0 Å². The molecule has 16 nitrogen and oxygen atoms in total. The lowest BCUT2D eigenvalue weighted by atomic mass is 9.73. The number of hydrogen-bond donors (Lipinski definition) is 0. The molecule has 8 heterocycles. The number of fused-ring (bicyclic) bond motifs is 8. The quantitative estimate of drug-likeness (QED) is 0.151. The second-order valence-corrected chi connectivity index (χ2v) is 19.8. The average Bonchev–Trinajstić information content (AvgIpc) is 3.90. The van der Waals surface area contributed by atoms with Crippen LogP contribution >= 0.6 is 0 Å². The number of ether oxygens (including phenoxy) is 8. The van der Waals surface area contributed by atoms with Gasteiger partial charge in [0.2, 0.25) is 0 Å². The molecule has 0 aromatic heterocycles. The third-order valence-electron chi connectivity index (χ3n) is 14.8. The maximum atomic E-state index is 14.8. The van der Waals surface area contributed by atoms with Gasteiger partial charge in [-0.2, -0.15) is 0 Å². The van der Waals surface area contributed by atoms with Crippen LogP contribution in [0.3, 0.4) is 0 Å². The van der Waals surface area contributed by atoms with Crippen LogP contribution in [0.4, 0.5) is 0 Å². The van der Waals surface area contributed by atoms with Crippen LogP contribution in [0.5, 0.6) is 0 Å². The number of carbonyl (C=O) groups excluding carboxylic acids is 4. The lowest BCUT2D eigenvalue weighted by molar-refractivity contribution is -0.311. The van der Waals surface area contributed by atoms with Crippen LogP contribution in [0.2, 0.25) is 0 Å². The first-order valence-corrected chi connectivity index (χ1v) is 22.3. The summed E-state index contributed by atoms with van der Waals surface area (Å²) in [6.45, 7) is 14.5. The molecule has 8 rings (SSSR count). The summed E-state index contributed by atoms with van der Waals surface area (Å²) in [4.78, 5) is 54.9. The van der Waals surface area contributed by atoms with E-state index in [2.05, 4.69) is 0 Å². The zero-order chi connectivity index (χ0) is 43.9. The van der Waals surface area contributed by atoms with E-state index in [9.17, 15) is 19.2 Å². The highest BCUT2D eigenvalue weighted by Crippen LogP contribution is 2.57. The minimum absolute atomic E-state index is 0.335. The predicted octanol–water partition coefficient (Wildman–Crippen LogP) is 5.29. The Kier molecular flexibility index (Phi) is 11.9. The lowest BCUT2D eigenvalue weighted by Gasteiger charge is -2.53. The van der Waals surface area contributed by atoms with Gasteiger partial charge in [0.05, 0.1) is 36.6 Å². The number of carbonyl (C=O) groups is 4. The van der Waals surface area contributed by atoms with Gasteiger partial charge in [-0.05, 0) is 39.5 Å².